The first-order chi connectivity index (χ1) is 8.08. The van der Waals surface area contributed by atoms with E-state index in [2.05, 4.69) is 17.1 Å². The zero-order chi connectivity index (χ0) is 12.4. The first-order valence-corrected chi connectivity index (χ1v) is 6.09. The van der Waals surface area contributed by atoms with E-state index in [-0.39, 0.29) is 10.9 Å². The average molecular weight is 250 g/mol. The maximum absolute atomic E-state index is 11.2. The van der Waals surface area contributed by atoms with Gasteiger partial charge in [-0.15, -0.1) is 5.10 Å². The Bertz CT molecular complexity index is 558. The number of hydrogen-bond donors (Lipinski definition) is 2. The Balaban J connectivity index is 2.16. The standard InChI is InChI=1S/C11H14N4OS/c1-7(8-3-5-9(12)6-4-8)17-11-14-13-10(16)15(11)2/h3-7H,12H2,1-2H3,(H,13,16). The van der Waals surface area contributed by atoms with Gasteiger partial charge < -0.3 is 5.73 Å². The molecular weight excluding hydrogens is 236 g/mol. The van der Waals surface area contributed by atoms with Crippen LogP contribution < -0.4 is 11.4 Å². The van der Waals surface area contributed by atoms with Gasteiger partial charge in [0.2, 0.25) is 0 Å². The van der Waals surface area contributed by atoms with Crippen LogP contribution in [0, 0.1) is 0 Å². The van der Waals surface area contributed by atoms with Crippen LogP contribution >= 0.6 is 11.8 Å². The highest BCUT2D eigenvalue weighted by atomic mass is 32.2. The predicted octanol–water partition coefficient (Wildman–Crippen LogP) is 1.54. The summed E-state index contributed by atoms with van der Waals surface area (Å²) in [6.07, 6.45) is 0. The zero-order valence-corrected chi connectivity index (χ0v) is 10.5. The Morgan fingerprint density at radius 2 is 2.06 bits per heavy atom. The molecule has 0 saturated heterocycles. The molecule has 6 heteroatoms. The van der Waals surface area contributed by atoms with Crippen LogP contribution in [0.4, 0.5) is 5.69 Å². The van der Waals surface area contributed by atoms with Gasteiger partial charge >= 0.3 is 5.69 Å². The molecule has 1 aromatic heterocycles. The predicted molar refractivity (Wildman–Crippen MR) is 69.0 cm³/mol. The fourth-order valence-electron chi connectivity index (χ4n) is 1.43. The first kappa shape index (κ1) is 11.8. The van der Waals surface area contributed by atoms with Crippen LogP contribution in [0.15, 0.2) is 34.2 Å². The fourth-order valence-corrected chi connectivity index (χ4v) is 2.38. The molecule has 0 aliphatic heterocycles. The molecular formula is C11H14N4OS. The Morgan fingerprint density at radius 3 is 2.59 bits per heavy atom. The molecule has 0 fully saturated rings. The number of thioether (sulfide) groups is 1. The molecule has 0 bridgehead atoms. The van der Waals surface area contributed by atoms with Crippen LogP contribution in [0.1, 0.15) is 17.7 Å². The molecule has 5 nitrogen and oxygen atoms in total. The Morgan fingerprint density at radius 1 is 1.41 bits per heavy atom. The zero-order valence-electron chi connectivity index (χ0n) is 9.68. The average Bonchev–Trinajstić information content (AvgIpc) is 2.62. The molecule has 1 heterocycles. The number of nitrogen functional groups attached to an aromatic ring is 1. The molecule has 2 aromatic rings. The Labute approximate surface area is 103 Å². The van der Waals surface area contributed by atoms with Gasteiger partial charge in [-0.2, -0.15) is 0 Å². The lowest BCUT2D eigenvalue weighted by Crippen LogP contribution is -2.13. The van der Waals surface area contributed by atoms with Crippen molar-refractivity contribution in [3.8, 4) is 0 Å². The van der Waals surface area contributed by atoms with Crippen LogP contribution in [0.25, 0.3) is 0 Å². The third-order valence-electron chi connectivity index (χ3n) is 2.53. The van der Waals surface area contributed by atoms with Crippen LogP contribution in [0.3, 0.4) is 0 Å². The lowest BCUT2D eigenvalue weighted by molar-refractivity contribution is 0.763. The lowest BCUT2D eigenvalue weighted by atomic mass is 10.1. The number of hydrogen-bond acceptors (Lipinski definition) is 4. The first-order valence-electron chi connectivity index (χ1n) is 5.21. The van der Waals surface area contributed by atoms with Crippen molar-refractivity contribution >= 4 is 17.4 Å². The normalized spacial score (nSPS) is 12.6. The van der Waals surface area contributed by atoms with Crippen molar-refractivity contribution in [1.82, 2.24) is 14.8 Å². The fraction of sp³-hybridized carbons (Fsp3) is 0.273. The smallest absolute Gasteiger partial charge is 0.343 e. The molecule has 1 aromatic carbocycles. The SMILES string of the molecule is CC(Sc1n[nH]c(=O)n1C)c1ccc(N)cc1. The lowest BCUT2D eigenvalue weighted by Gasteiger charge is -2.10. The van der Waals surface area contributed by atoms with Crippen molar-refractivity contribution in [3.05, 3.63) is 40.3 Å². The van der Waals surface area contributed by atoms with E-state index in [4.69, 9.17) is 5.73 Å². The van der Waals surface area contributed by atoms with E-state index in [1.54, 1.807) is 7.05 Å². The highest BCUT2D eigenvalue weighted by Gasteiger charge is 2.12. The van der Waals surface area contributed by atoms with Crippen LogP contribution in [-0.2, 0) is 7.05 Å². The summed E-state index contributed by atoms with van der Waals surface area (Å²) < 4.78 is 1.50. The summed E-state index contributed by atoms with van der Waals surface area (Å²) in [6, 6.07) is 7.71. The van der Waals surface area contributed by atoms with Gasteiger partial charge in [0.15, 0.2) is 5.16 Å². The van der Waals surface area contributed by atoms with Crippen molar-refractivity contribution < 1.29 is 0 Å². The van der Waals surface area contributed by atoms with E-state index < -0.39 is 0 Å². The summed E-state index contributed by atoms with van der Waals surface area (Å²) in [6.45, 7) is 2.06. The van der Waals surface area contributed by atoms with Gasteiger partial charge in [-0.05, 0) is 24.6 Å². The molecule has 17 heavy (non-hydrogen) atoms. The molecule has 0 saturated carbocycles. The molecule has 0 aliphatic carbocycles. The summed E-state index contributed by atoms with van der Waals surface area (Å²) >= 11 is 1.53. The number of anilines is 1. The number of aromatic nitrogens is 3. The third-order valence-corrected chi connectivity index (χ3v) is 3.73. The van der Waals surface area contributed by atoms with Crippen LogP contribution in [0.5, 0.6) is 0 Å². The molecule has 0 radical (unpaired) electrons. The monoisotopic (exact) mass is 250 g/mol. The van der Waals surface area contributed by atoms with Crippen molar-refractivity contribution in [2.45, 2.75) is 17.3 Å². The molecule has 1 atom stereocenters. The number of benzene rings is 1. The molecule has 2 rings (SSSR count). The number of nitrogens with zero attached hydrogens (tertiary/aromatic N) is 2. The summed E-state index contributed by atoms with van der Waals surface area (Å²) in [5.41, 5.74) is 7.34. The Hall–Kier alpha value is -1.69. The van der Waals surface area contributed by atoms with Gasteiger partial charge in [-0.1, -0.05) is 23.9 Å². The van der Waals surface area contributed by atoms with Crippen molar-refractivity contribution in [2.24, 2.45) is 7.05 Å². The second-order valence-corrected chi connectivity index (χ2v) is 5.11. The summed E-state index contributed by atoms with van der Waals surface area (Å²) in [4.78, 5) is 11.2. The van der Waals surface area contributed by atoms with E-state index >= 15 is 0 Å². The van der Waals surface area contributed by atoms with Gasteiger partial charge in [0.25, 0.3) is 0 Å². The van der Waals surface area contributed by atoms with Gasteiger partial charge in [-0.3, -0.25) is 4.57 Å². The number of H-pyrrole nitrogens is 1. The van der Waals surface area contributed by atoms with Crippen LogP contribution in [0.2, 0.25) is 0 Å². The summed E-state index contributed by atoms with van der Waals surface area (Å²) in [5.74, 6) is 0. The third kappa shape index (κ3) is 2.52. The van der Waals surface area contributed by atoms with Gasteiger partial charge in [0.05, 0.1) is 0 Å². The molecule has 90 valence electrons. The molecule has 1 unspecified atom stereocenters. The van der Waals surface area contributed by atoms with Crippen molar-refractivity contribution in [1.29, 1.82) is 0 Å². The van der Waals surface area contributed by atoms with E-state index in [1.807, 2.05) is 24.3 Å². The second-order valence-electron chi connectivity index (χ2n) is 3.80. The molecule has 3 N–H and O–H groups in total. The largest absolute Gasteiger partial charge is 0.399 e. The number of nitrogens with two attached hydrogens (primary N) is 1. The van der Waals surface area contributed by atoms with Crippen LogP contribution in [-0.4, -0.2) is 14.8 Å². The number of nitrogens with one attached hydrogen (secondary N) is 1. The van der Waals surface area contributed by atoms with Gasteiger partial charge in [0, 0.05) is 18.0 Å². The van der Waals surface area contributed by atoms with Gasteiger partial charge in [-0.25, -0.2) is 9.89 Å². The second kappa shape index (κ2) is 4.67. The maximum Gasteiger partial charge on any atom is 0.343 e. The summed E-state index contributed by atoms with van der Waals surface area (Å²) in [7, 11) is 1.70. The van der Waals surface area contributed by atoms with Crippen molar-refractivity contribution in [3.63, 3.8) is 0 Å². The topological polar surface area (TPSA) is 76.7 Å². The number of aromatic amines is 1. The minimum Gasteiger partial charge on any atom is -0.399 e. The maximum atomic E-state index is 11.2. The highest BCUT2D eigenvalue weighted by Crippen LogP contribution is 2.32. The Kier molecular flexibility index (Phi) is 3.23. The molecule has 0 aliphatic rings. The molecule has 0 spiro atoms. The van der Waals surface area contributed by atoms with Crippen molar-refractivity contribution in [2.75, 3.05) is 5.73 Å². The number of rotatable bonds is 3. The molecule has 0 amide bonds. The van der Waals surface area contributed by atoms with Gasteiger partial charge in [0.1, 0.15) is 0 Å². The van der Waals surface area contributed by atoms with E-state index in [0.29, 0.717) is 5.16 Å². The minimum atomic E-state index is -0.197. The summed E-state index contributed by atoms with van der Waals surface area (Å²) in [5, 5.41) is 7.27. The minimum absolute atomic E-state index is 0.197. The highest BCUT2D eigenvalue weighted by molar-refractivity contribution is 7.99. The van der Waals surface area contributed by atoms with E-state index in [9.17, 15) is 4.79 Å². The van der Waals surface area contributed by atoms with E-state index in [1.165, 1.54) is 16.3 Å². The quantitative estimate of drug-likeness (QED) is 0.640. The van der Waals surface area contributed by atoms with E-state index in [0.717, 1.165) is 11.3 Å².